The molecule has 0 saturated heterocycles. The van der Waals surface area contributed by atoms with Gasteiger partial charge in [-0.1, -0.05) is 30.7 Å². The quantitative estimate of drug-likeness (QED) is 0.743. The fourth-order valence-electron chi connectivity index (χ4n) is 2.59. The summed E-state index contributed by atoms with van der Waals surface area (Å²) in [4.78, 5) is 0. The lowest BCUT2D eigenvalue weighted by Crippen LogP contribution is -2.14. The molecule has 2 rings (SSSR count). The molecule has 0 aromatic heterocycles. The van der Waals surface area contributed by atoms with E-state index in [2.05, 4.69) is 12.2 Å². The maximum absolute atomic E-state index is 14.4. The minimum Gasteiger partial charge on any atom is -0.313 e. The lowest BCUT2D eigenvalue weighted by Gasteiger charge is -2.15. The van der Waals surface area contributed by atoms with E-state index in [1.807, 2.05) is 38.1 Å². The van der Waals surface area contributed by atoms with Crippen LogP contribution in [-0.2, 0) is 6.54 Å². The first-order valence-electron chi connectivity index (χ1n) is 7.29. The summed E-state index contributed by atoms with van der Waals surface area (Å²) in [5, 5.41) is 3.99. The van der Waals surface area contributed by atoms with Crippen molar-refractivity contribution in [2.45, 2.75) is 33.7 Å². The molecule has 0 amide bonds. The van der Waals surface area contributed by atoms with Gasteiger partial charge in [0.1, 0.15) is 5.82 Å². The number of aryl methyl sites for hydroxylation is 2. The summed E-state index contributed by atoms with van der Waals surface area (Å²) in [5.74, 6) is -0.188. The SMILES string of the molecule is CCCNCc1ccc(Cl)cc1-c1c(C)cc(C)cc1F. The van der Waals surface area contributed by atoms with Crippen LogP contribution in [0, 0.1) is 19.7 Å². The Morgan fingerprint density at radius 1 is 1.14 bits per heavy atom. The van der Waals surface area contributed by atoms with Crippen molar-refractivity contribution < 1.29 is 4.39 Å². The van der Waals surface area contributed by atoms with Crippen LogP contribution in [0.2, 0.25) is 5.02 Å². The van der Waals surface area contributed by atoms with Crippen LogP contribution >= 0.6 is 11.6 Å². The number of halogens is 2. The first-order chi connectivity index (χ1) is 10.0. The zero-order valence-electron chi connectivity index (χ0n) is 12.8. The second-order valence-electron chi connectivity index (χ2n) is 5.42. The molecule has 112 valence electrons. The Hall–Kier alpha value is -1.38. The second kappa shape index (κ2) is 7.06. The third-order valence-electron chi connectivity index (χ3n) is 3.52. The molecule has 1 nitrogen and oxygen atoms in total. The van der Waals surface area contributed by atoms with E-state index in [-0.39, 0.29) is 5.82 Å². The fraction of sp³-hybridized carbons (Fsp3) is 0.333. The van der Waals surface area contributed by atoms with Crippen molar-refractivity contribution in [1.29, 1.82) is 0 Å². The highest BCUT2D eigenvalue weighted by Gasteiger charge is 2.13. The molecule has 0 fully saturated rings. The van der Waals surface area contributed by atoms with Crippen LogP contribution in [-0.4, -0.2) is 6.54 Å². The van der Waals surface area contributed by atoms with E-state index in [0.717, 1.165) is 35.2 Å². The molecule has 0 bridgehead atoms. The van der Waals surface area contributed by atoms with Crippen molar-refractivity contribution in [3.63, 3.8) is 0 Å². The lowest BCUT2D eigenvalue weighted by molar-refractivity contribution is 0.628. The van der Waals surface area contributed by atoms with E-state index in [4.69, 9.17) is 11.6 Å². The molecule has 2 aromatic rings. The average Bonchev–Trinajstić information content (AvgIpc) is 2.40. The van der Waals surface area contributed by atoms with Gasteiger partial charge in [0.2, 0.25) is 0 Å². The third-order valence-corrected chi connectivity index (χ3v) is 3.75. The van der Waals surface area contributed by atoms with Gasteiger partial charge >= 0.3 is 0 Å². The maximum Gasteiger partial charge on any atom is 0.131 e. The monoisotopic (exact) mass is 305 g/mol. The van der Waals surface area contributed by atoms with Crippen molar-refractivity contribution in [3.05, 3.63) is 57.9 Å². The van der Waals surface area contributed by atoms with E-state index < -0.39 is 0 Å². The maximum atomic E-state index is 14.4. The molecule has 3 heteroatoms. The zero-order valence-corrected chi connectivity index (χ0v) is 13.5. The number of hydrogen-bond donors (Lipinski definition) is 1. The third kappa shape index (κ3) is 3.84. The summed E-state index contributed by atoms with van der Waals surface area (Å²) < 4.78 is 14.4. The molecule has 0 aliphatic rings. The molecule has 0 unspecified atom stereocenters. The van der Waals surface area contributed by atoms with Gasteiger partial charge < -0.3 is 5.32 Å². The molecule has 0 aliphatic heterocycles. The van der Waals surface area contributed by atoms with Crippen LogP contribution in [0.3, 0.4) is 0 Å². The lowest BCUT2D eigenvalue weighted by atomic mass is 9.94. The Morgan fingerprint density at radius 2 is 1.90 bits per heavy atom. The predicted octanol–water partition coefficient (Wildman–Crippen LogP) is 5.26. The highest BCUT2D eigenvalue weighted by molar-refractivity contribution is 6.30. The van der Waals surface area contributed by atoms with Gasteiger partial charge in [0.25, 0.3) is 0 Å². The Balaban J connectivity index is 2.49. The first-order valence-corrected chi connectivity index (χ1v) is 7.67. The van der Waals surface area contributed by atoms with E-state index >= 15 is 0 Å². The molecule has 0 heterocycles. The highest BCUT2D eigenvalue weighted by atomic mass is 35.5. The highest BCUT2D eigenvalue weighted by Crippen LogP contribution is 2.32. The average molecular weight is 306 g/mol. The smallest absolute Gasteiger partial charge is 0.131 e. The summed E-state index contributed by atoms with van der Waals surface area (Å²) in [6.07, 6.45) is 1.07. The summed E-state index contributed by atoms with van der Waals surface area (Å²) in [5.41, 5.74) is 4.46. The van der Waals surface area contributed by atoms with E-state index in [1.54, 1.807) is 6.07 Å². The molecule has 0 aliphatic carbocycles. The van der Waals surface area contributed by atoms with Gasteiger partial charge in [-0.15, -0.1) is 0 Å². The molecule has 2 aromatic carbocycles. The standard InChI is InChI=1S/C18H21ClFN/c1-4-7-21-11-14-5-6-15(19)10-16(14)18-13(3)8-12(2)9-17(18)20/h5-6,8-10,21H,4,7,11H2,1-3H3. The molecule has 0 spiro atoms. The van der Waals surface area contributed by atoms with Gasteiger partial charge in [-0.3, -0.25) is 0 Å². The number of nitrogens with one attached hydrogen (secondary N) is 1. The van der Waals surface area contributed by atoms with E-state index in [1.165, 1.54) is 0 Å². The van der Waals surface area contributed by atoms with Crippen molar-refractivity contribution in [3.8, 4) is 11.1 Å². The largest absolute Gasteiger partial charge is 0.313 e. The molecule has 0 saturated carbocycles. The summed E-state index contributed by atoms with van der Waals surface area (Å²) in [6, 6.07) is 9.26. The molecular weight excluding hydrogens is 285 g/mol. The van der Waals surface area contributed by atoms with Crippen LogP contribution in [0.25, 0.3) is 11.1 Å². The van der Waals surface area contributed by atoms with Gasteiger partial charge in [-0.25, -0.2) is 4.39 Å². The number of benzene rings is 2. The topological polar surface area (TPSA) is 12.0 Å². The Kier molecular flexibility index (Phi) is 5.38. The van der Waals surface area contributed by atoms with Crippen molar-refractivity contribution in [1.82, 2.24) is 5.32 Å². The molecular formula is C18H21ClFN. The number of rotatable bonds is 5. The van der Waals surface area contributed by atoms with Crippen molar-refractivity contribution >= 4 is 11.6 Å². The zero-order chi connectivity index (χ0) is 15.4. The minimum atomic E-state index is -0.188. The van der Waals surface area contributed by atoms with Crippen LogP contribution in [0.4, 0.5) is 4.39 Å². The molecule has 1 N–H and O–H groups in total. The van der Waals surface area contributed by atoms with Crippen LogP contribution in [0.1, 0.15) is 30.0 Å². The summed E-state index contributed by atoms with van der Waals surface area (Å²) >= 11 is 6.12. The Labute approximate surface area is 131 Å². The van der Waals surface area contributed by atoms with Gasteiger partial charge in [0.15, 0.2) is 0 Å². The number of hydrogen-bond acceptors (Lipinski definition) is 1. The normalized spacial score (nSPS) is 10.9. The molecule has 0 radical (unpaired) electrons. The first kappa shape index (κ1) is 16.0. The molecule has 21 heavy (non-hydrogen) atoms. The fourth-order valence-corrected chi connectivity index (χ4v) is 2.76. The van der Waals surface area contributed by atoms with E-state index in [9.17, 15) is 4.39 Å². The molecule has 0 atom stereocenters. The second-order valence-corrected chi connectivity index (χ2v) is 5.85. The van der Waals surface area contributed by atoms with Gasteiger partial charge in [0, 0.05) is 17.1 Å². The predicted molar refractivity (Wildman–Crippen MR) is 88.3 cm³/mol. The minimum absolute atomic E-state index is 0.188. The van der Waals surface area contributed by atoms with E-state index in [0.29, 0.717) is 17.1 Å². The van der Waals surface area contributed by atoms with Crippen molar-refractivity contribution in [2.24, 2.45) is 0 Å². The van der Waals surface area contributed by atoms with Gasteiger partial charge in [-0.05, 0) is 67.3 Å². The summed E-state index contributed by atoms with van der Waals surface area (Å²) in [7, 11) is 0. The van der Waals surface area contributed by atoms with Gasteiger partial charge in [0.05, 0.1) is 0 Å². The van der Waals surface area contributed by atoms with Crippen LogP contribution in [0.5, 0.6) is 0 Å². The van der Waals surface area contributed by atoms with Crippen molar-refractivity contribution in [2.75, 3.05) is 6.54 Å². The Bertz CT molecular complexity index is 614. The summed E-state index contributed by atoms with van der Waals surface area (Å²) in [6.45, 7) is 7.63. The Morgan fingerprint density at radius 3 is 2.57 bits per heavy atom. The van der Waals surface area contributed by atoms with Crippen LogP contribution < -0.4 is 5.32 Å². The van der Waals surface area contributed by atoms with Gasteiger partial charge in [-0.2, -0.15) is 0 Å². The van der Waals surface area contributed by atoms with Crippen LogP contribution in [0.15, 0.2) is 30.3 Å².